The van der Waals surface area contributed by atoms with Crippen molar-refractivity contribution in [1.29, 1.82) is 0 Å². The third kappa shape index (κ3) is 2.28. The molecule has 0 aliphatic heterocycles. The number of pyridine rings is 1. The van der Waals surface area contributed by atoms with Gasteiger partial charge in [0.15, 0.2) is 0 Å². The highest BCUT2D eigenvalue weighted by Gasteiger charge is 2.19. The van der Waals surface area contributed by atoms with Gasteiger partial charge in [-0.25, -0.2) is 4.79 Å². The van der Waals surface area contributed by atoms with Crippen LogP contribution in [0.25, 0.3) is 10.2 Å². The van der Waals surface area contributed by atoms with Gasteiger partial charge in [-0.15, -0.1) is 11.3 Å². The van der Waals surface area contributed by atoms with Gasteiger partial charge in [0.1, 0.15) is 10.6 Å². The number of fused-ring (bicyclic) bond motifs is 1. The van der Waals surface area contributed by atoms with Gasteiger partial charge in [-0.1, -0.05) is 0 Å². The largest absolute Gasteiger partial charge is 0.489 e. The topological polar surface area (TPSA) is 59.4 Å². The summed E-state index contributed by atoms with van der Waals surface area (Å²) in [5, 5.41) is 9.05. The van der Waals surface area contributed by atoms with Crippen molar-refractivity contribution >= 4 is 43.5 Å². The third-order valence-corrected chi connectivity index (χ3v) is 4.25. The van der Waals surface area contributed by atoms with E-state index in [1.807, 2.05) is 13.8 Å². The van der Waals surface area contributed by atoms with E-state index in [2.05, 4.69) is 20.9 Å². The SMILES string of the molecule is CC(C)Oc1ccnc2c(Br)c(C(=O)O)sc12. The Labute approximate surface area is 110 Å². The predicted octanol–water partition coefficient (Wildman–Crippen LogP) is 3.54. The number of ether oxygens (including phenoxy) is 1. The fourth-order valence-electron chi connectivity index (χ4n) is 1.42. The van der Waals surface area contributed by atoms with Crippen LogP contribution in [-0.4, -0.2) is 22.2 Å². The molecule has 0 aliphatic rings. The molecule has 17 heavy (non-hydrogen) atoms. The Bertz CT molecular complexity index is 579. The van der Waals surface area contributed by atoms with Crippen LogP contribution in [0.4, 0.5) is 0 Å². The van der Waals surface area contributed by atoms with Crippen LogP contribution in [0.1, 0.15) is 23.5 Å². The number of carboxylic acid groups (broad SMARTS) is 1. The average Bonchev–Trinajstić information content (AvgIpc) is 2.57. The summed E-state index contributed by atoms with van der Waals surface area (Å²) < 4.78 is 6.90. The lowest BCUT2D eigenvalue weighted by Gasteiger charge is -2.09. The minimum atomic E-state index is -0.963. The number of rotatable bonds is 3. The smallest absolute Gasteiger partial charge is 0.347 e. The fraction of sp³-hybridized carbons (Fsp3) is 0.273. The van der Waals surface area contributed by atoms with E-state index in [4.69, 9.17) is 9.84 Å². The van der Waals surface area contributed by atoms with Gasteiger partial charge in [0.2, 0.25) is 0 Å². The summed E-state index contributed by atoms with van der Waals surface area (Å²) in [5.41, 5.74) is 0.630. The van der Waals surface area contributed by atoms with Crippen LogP contribution >= 0.6 is 27.3 Å². The second-order valence-electron chi connectivity index (χ2n) is 3.70. The molecular formula is C11H10BrNO3S. The first-order valence-corrected chi connectivity index (χ1v) is 6.58. The summed E-state index contributed by atoms with van der Waals surface area (Å²) >= 11 is 4.43. The van der Waals surface area contributed by atoms with Gasteiger partial charge < -0.3 is 9.84 Å². The molecule has 90 valence electrons. The summed E-state index contributed by atoms with van der Waals surface area (Å²) in [5.74, 6) is -0.293. The number of carboxylic acids is 1. The van der Waals surface area contributed by atoms with Gasteiger partial charge >= 0.3 is 5.97 Å². The zero-order valence-corrected chi connectivity index (χ0v) is 11.6. The fourth-order valence-corrected chi connectivity index (χ4v) is 3.21. The molecule has 2 heterocycles. The molecule has 0 aliphatic carbocycles. The van der Waals surface area contributed by atoms with Crippen LogP contribution in [0.15, 0.2) is 16.7 Å². The highest BCUT2D eigenvalue weighted by atomic mass is 79.9. The maximum Gasteiger partial charge on any atom is 0.347 e. The van der Waals surface area contributed by atoms with E-state index < -0.39 is 5.97 Å². The van der Waals surface area contributed by atoms with E-state index in [0.29, 0.717) is 15.7 Å². The molecule has 0 amide bonds. The predicted molar refractivity (Wildman–Crippen MR) is 70.0 cm³/mol. The normalized spacial score (nSPS) is 11.1. The quantitative estimate of drug-likeness (QED) is 0.941. The lowest BCUT2D eigenvalue weighted by Crippen LogP contribution is -2.05. The number of aromatic carboxylic acids is 1. The lowest BCUT2D eigenvalue weighted by molar-refractivity contribution is 0.0701. The van der Waals surface area contributed by atoms with E-state index in [1.165, 1.54) is 11.3 Å². The molecule has 2 aromatic heterocycles. The molecule has 0 saturated heterocycles. The first kappa shape index (κ1) is 12.3. The molecule has 4 nitrogen and oxygen atoms in total. The van der Waals surface area contributed by atoms with Crippen LogP contribution in [-0.2, 0) is 0 Å². The number of thiophene rings is 1. The Hall–Kier alpha value is -1.14. The van der Waals surface area contributed by atoms with Crippen molar-refractivity contribution in [2.75, 3.05) is 0 Å². The average molecular weight is 316 g/mol. The second-order valence-corrected chi connectivity index (χ2v) is 5.52. The Morgan fingerprint density at radius 2 is 2.29 bits per heavy atom. The molecule has 0 unspecified atom stereocenters. The molecule has 0 aromatic carbocycles. The Kier molecular flexibility index (Phi) is 3.35. The number of aromatic nitrogens is 1. The summed E-state index contributed by atoms with van der Waals surface area (Å²) in [6.45, 7) is 3.85. The summed E-state index contributed by atoms with van der Waals surface area (Å²) in [4.78, 5) is 15.5. The lowest BCUT2D eigenvalue weighted by atomic mass is 10.3. The second kappa shape index (κ2) is 4.62. The van der Waals surface area contributed by atoms with Crippen LogP contribution in [0, 0.1) is 0 Å². The minimum absolute atomic E-state index is 0.0368. The highest BCUT2D eigenvalue weighted by Crippen LogP contribution is 2.39. The van der Waals surface area contributed by atoms with Gasteiger partial charge in [-0.3, -0.25) is 4.98 Å². The van der Waals surface area contributed by atoms with Crippen molar-refractivity contribution < 1.29 is 14.6 Å². The molecule has 6 heteroatoms. The van der Waals surface area contributed by atoms with Crippen LogP contribution in [0.2, 0.25) is 0 Å². The van der Waals surface area contributed by atoms with Crippen molar-refractivity contribution in [2.24, 2.45) is 0 Å². The number of hydrogen-bond donors (Lipinski definition) is 1. The zero-order chi connectivity index (χ0) is 12.6. The summed E-state index contributed by atoms with van der Waals surface area (Å²) in [6.07, 6.45) is 1.65. The first-order valence-electron chi connectivity index (χ1n) is 4.97. The van der Waals surface area contributed by atoms with Crippen LogP contribution in [0.5, 0.6) is 5.75 Å². The monoisotopic (exact) mass is 315 g/mol. The van der Waals surface area contributed by atoms with Crippen LogP contribution in [0.3, 0.4) is 0 Å². The van der Waals surface area contributed by atoms with Gasteiger partial charge in [0.05, 0.1) is 20.8 Å². The number of nitrogens with zero attached hydrogens (tertiary/aromatic N) is 1. The molecule has 2 aromatic rings. The minimum Gasteiger partial charge on any atom is -0.489 e. The molecule has 1 N–H and O–H groups in total. The Balaban J connectivity index is 2.64. The van der Waals surface area contributed by atoms with Crippen LogP contribution < -0.4 is 4.74 Å². The van der Waals surface area contributed by atoms with Crippen molar-refractivity contribution in [2.45, 2.75) is 20.0 Å². The number of halogens is 1. The Morgan fingerprint density at radius 3 is 2.88 bits per heavy atom. The van der Waals surface area contributed by atoms with E-state index >= 15 is 0 Å². The standard InChI is InChI=1S/C11H10BrNO3S/c1-5(2)16-6-3-4-13-8-7(12)10(11(14)15)17-9(6)8/h3-5H,1-2H3,(H,14,15). The highest BCUT2D eigenvalue weighted by molar-refractivity contribution is 9.10. The molecular weight excluding hydrogens is 306 g/mol. The van der Waals surface area contributed by atoms with E-state index in [-0.39, 0.29) is 11.0 Å². The maximum atomic E-state index is 11.0. The third-order valence-electron chi connectivity index (χ3n) is 2.04. The van der Waals surface area contributed by atoms with E-state index in [0.717, 1.165) is 4.70 Å². The van der Waals surface area contributed by atoms with Gasteiger partial charge in [-0.05, 0) is 35.8 Å². The van der Waals surface area contributed by atoms with Crippen molar-refractivity contribution in [3.05, 3.63) is 21.6 Å². The van der Waals surface area contributed by atoms with Crippen molar-refractivity contribution in [3.63, 3.8) is 0 Å². The Morgan fingerprint density at radius 1 is 1.59 bits per heavy atom. The van der Waals surface area contributed by atoms with Gasteiger partial charge in [-0.2, -0.15) is 0 Å². The maximum absolute atomic E-state index is 11.0. The molecule has 0 fully saturated rings. The van der Waals surface area contributed by atoms with Crippen molar-refractivity contribution in [1.82, 2.24) is 4.98 Å². The summed E-state index contributed by atoms with van der Waals surface area (Å²) in [7, 11) is 0. The zero-order valence-electron chi connectivity index (χ0n) is 9.23. The van der Waals surface area contributed by atoms with Gasteiger partial charge in [0.25, 0.3) is 0 Å². The first-order chi connectivity index (χ1) is 8.00. The molecule has 0 spiro atoms. The molecule has 0 saturated carbocycles. The van der Waals surface area contributed by atoms with Crippen molar-refractivity contribution in [3.8, 4) is 5.75 Å². The van der Waals surface area contributed by atoms with Gasteiger partial charge in [0, 0.05) is 6.20 Å². The molecule has 2 rings (SSSR count). The molecule has 0 bridgehead atoms. The summed E-state index contributed by atoms with van der Waals surface area (Å²) in [6, 6.07) is 1.75. The van der Waals surface area contributed by atoms with E-state index in [9.17, 15) is 4.79 Å². The molecule has 0 atom stereocenters. The number of hydrogen-bond acceptors (Lipinski definition) is 4. The molecule has 0 radical (unpaired) electrons. The number of carbonyl (C=O) groups is 1. The van der Waals surface area contributed by atoms with E-state index in [1.54, 1.807) is 12.3 Å².